The lowest BCUT2D eigenvalue weighted by Gasteiger charge is -2.12. The molecule has 0 radical (unpaired) electrons. The number of hydrogen-bond acceptors (Lipinski definition) is 8. The highest BCUT2D eigenvalue weighted by Crippen LogP contribution is 2.41. The summed E-state index contributed by atoms with van der Waals surface area (Å²) in [4.78, 5) is 22.6. The van der Waals surface area contributed by atoms with Gasteiger partial charge in [0.2, 0.25) is 12.4 Å². The van der Waals surface area contributed by atoms with Crippen molar-refractivity contribution in [2.24, 2.45) is 0 Å². The van der Waals surface area contributed by atoms with Gasteiger partial charge in [-0.3, -0.25) is 9.48 Å². The van der Waals surface area contributed by atoms with Crippen LogP contribution in [0.2, 0.25) is 0 Å². The van der Waals surface area contributed by atoms with Crippen LogP contribution in [0.4, 0.5) is 24.8 Å². The van der Waals surface area contributed by atoms with Crippen molar-refractivity contribution in [2.75, 3.05) is 38.3 Å². The van der Waals surface area contributed by atoms with Crippen molar-refractivity contribution in [3.05, 3.63) is 34.6 Å². The second kappa shape index (κ2) is 11.2. The molecule has 0 unspecified atom stereocenters. The SMILES string of the molecule is CNCCn1cc(Nc2ncc(C(F)(F)F)c(-c3cc(SCCN(C)C=O)c(C)s3)n2)c(C)n1. The quantitative estimate of drug-likeness (QED) is 0.294. The maximum Gasteiger partial charge on any atom is 0.420 e. The van der Waals surface area contributed by atoms with Gasteiger partial charge in [-0.15, -0.1) is 23.1 Å². The van der Waals surface area contributed by atoms with Crippen LogP contribution in [0.15, 0.2) is 23.4 Å². The van der Waals surface area contributed by atoms with E-state index in [0.717, 1.165) is 28.9 Å². The maximum absolute atomic E-state index is 13.8. The van der Waals surface area contributed by atoms with E-state index >= 15 is 0 Å². The van der Waals surface area contributed by atoms with Crippen LogP contribution >= 0.6 is 23.1 Å². The first-order valence-corrected chi connectivity index (χ1v) is 12.2. The Balaban J connectivity index is 1.89. The van der Waals surface area contributed by atoms with Gasteiger partial charge in [-0.05, 0) is 27.0 Å². The van der Waals surface area contributed by atoms with Crippen molar-refractivity contribution in [1.29, 1.82) is 0 Å². The number of aromatic nitrogens is 4. The largest absolute Gasteiger partial charge is 0.420 e. The number of carbonyl (C=O) groups excluding carboxylic acids is 1. The van der Waals surface area contributed by atoms with E-state index in [9.17, 15) is 18.0 Å². The molecular formula is C21H26F3N7OS2. The summed E-state index contributed by atoms with van der Waals surface area (Å²) in [5, 5.41) is 10.4. The van der Waals surface area contributed by atoms with Crippen LogP contribution in [0.25, 0.3) is 10.6 Å². The number of thiophene rings is 1. The summed E-state index contributed by atoms with van der Waals surface area (Å²) in [6, 6.07) is 1.72. The smallest absolute Gasteiger partial charge is 0.347 e. The van der Waals surface area contributed by atoms with Crippen molar-refractivity contribution < 1.29 is 18.0 Å². The van der Waals surface area contributed by atoms with Crippen LogP contribution in [0.5, 0.6) is 0 Å². The molecule has 34 heavy (non-hydrogen) atoms. The molecule has 0 aliphatic rings. The molecule has 3 rings (SSSR count). The third-order valence-electron chi connectivity index (χ3n) is 4.87. The molecule has 0 aliphatic heterocycles. The van der Waals surface area contributed by atoms with E-state index in [0.29, 0.717) is 35.1 Å². The summed E-state index contributed by atoms with van der Waals surface area (Å²) in [6.07, 6.45) is -1.27. The lowest BCUT2D eigenvalue weighted by molar-refractivity contribution is -0.137. The number of hydrogen-bond donors (Lipinski definition) is 2. The van der Waals surface area contributed by atoms with E-state index in [1.807, 2.05) is 14.0 Å². The van der Waals surface area contributed by atoms with Crippen molar-refractivity contribution in [3.63, 3.8) is 0 Å². The number of likely N-dealkylation sites (N-methyl/N-ethyl adjacent to an activating group) is 1. The zero-order chi connectivity index (χ0) is 24.9. The van der Waals surface area contributed by atoms with Gasteiger partial charge >= 0.3 is 6.18 Å². The van der Waals surface area contributed by atoms with E-state index in [4.69, 9.17) is 0 Å². The van der Waals surface area contributed by atoms with Crippen LogP contribution in [-0.4, -0.2) is 64.0 Å². The normalized spacial score (nSPS) is 11.6. The average molecular weight is 514 g/mol. The fraction of sp³-hybridized carbons (Fsp3) is 0.429. The van der Waals surface area contributed by atoms with Gasteiger partial charge in [0.1, 0.15) is 5.56 Å². The van der Waals surface area contributed by atoms with Crippen molar-refractivity contribution in [2.45, 2.75) is 31.5 Å². The first-order chi connectivity index (χ1) is 16.1. The zero-order valence-electron chi connectivity index (χ0n) is 19.2. The average Bonchev–Trinajstić information content (AvgIpc) is 3.33. The number of anilines is 2. The molecule has 0 saturated carbocycles. The highest BCUT2D eigenvalue weighted by Gasteiger charge is 2.36. The summed E-state index contributed by atoms with van der Waals surface area (Å²) in [5.74, 6) is 0.693. The molecule has 1 amide bonds. The highest BCUT2D eigenvalue weighted by atomic mass is 32.2. The Morgan fingerprint density at radius 2 is 2.09 bits per heavy atom. The van der Waals surface area contributed by atoms with E-state index in [2.05, 4.69) is 25.7 Å². The van der Waals surface area contributed by atoms with Gasteiger partial charge < -0.3 is 15.5 Å². The predicted molar refractivity (Wildman–Crippen MR) is 129 cm³/mol. The molecule has 13 heteroatoms. The zero-order valence-corrected chi connectivity index (χ0v) is 20.9. The minimum atomic E-state index is -4.60. The van der Waals surface area contributed by atoms with Crippen molar-refractivity contribution in [1.82, 2.24) is 30.0 Å². The fourth-order valence-electron chi connectivity index (χ4n) is 3.02. The third kappa shape index (κ3) is 6.48. The lowest BCUT2D eigenvalue weighted by Crippen LogP contribution is -2.18. The Morgan fingerprint density at radius 3 is 2.76 bits per heavy atom. The molecule has 3 aromatic heterocycles. The molecule has 0 bridgehead atoms. The molecule has 0 aromatic carbocycles. The Morgan fingerprint density at radius 1 is 1.32 bits per heavy atom. The van der Waals surface area contributed by atoms with Crippen molar-refractivity contribution >= 4 is 41.1 Å². The first-order valence-electron chi connectivity index (χ1n) is 10.4. The standard InChI is InChI=1S/C21H26F3N7OS2/c1-13-16(11-31(29-13)6-5-25-3)27-20-26-10-15(21(22,23)24)19(28-20)18-9-17(14(2)34-18)33-8-7-30(4)12-32/h9-12,25H,5-8H2,1-4H3,(H,26,27,28). The summed E-state index contributed by atoms with van der Waals surface area (Å²) < 4.78 is 43.0. The van der Waals surface area contributed by atoms with E-state index < -0.39 is 11.7 Å². The summed E-state index contributed by atoms with van der Waals surface area (Å²) in [6.45, 7) is 5.57. The van der Waals surface area contributed by atoms with Crippen LogP contribution in [-0.2, 0) is 17.5 Å². The molecular weight excluding hydrogens is 487 g/mol. The molecule has 0 fully saturated rings. The van der Waals surface area contributed by atoms with Gasteiger partial charge in [-0.1, -0.05) is 0 Å². The van der Waals surface area contributed by atoms with E-state index in [1.54, 1.807) is 30.9 Å². The number of nitrogens with one attached hydrogen (secondary N) is 2. The Labute approximate surface area is 204 Å². The van der Waals surface area contributed by atoms with E-state index in [1.165, 1.54) is 28.0 Å². The second-order valence-corrected chi connectivity index (χ2v) is 9.93. The monoisotopic (exact) mass is 513 g/mol. The summed E-state index contributed by atoms with van der Waals surface area (Å²) >= 11 is 2.74. The molecule has 8 nitrogen and oxygen atoms in total. The number of rotatable bonds is 11. The third-order valence-corrected chi connectivity index (χ3v) is 7.17. The Kier molecular flexibility index (Phi) is 8.55. The fourth-order valence-corrected chi connectivity index (χ4v) is 5.32. The molecule has 0 spiro atoms. The number of aryl methyl sites for hydroxylation is 2. The first kappa shape index (κ1) is 26.0. The predicted octanol–water partition coefficient (Wildman–Crippen LogP) is 4.18. The number of halogens is 3. The van der Waals surface area contributed by atoms with E-state index in [-0.39, 0.29) is 11.6 Å². The molecule has 2 N–H and O–H groups in total. The number of amides is 1. The number of thioether (sulfide) groups is 1. The molecule has 3 heterocycles. The van der Waals surface area contributed by atoms with Crippen LogP contribution in [0.3, 0.4) is 0 Å². The summed E-state index contributed by atoms with van der Waals surface area (Å²) in [7, 11) is 3.52. The Hall–Kier alpha value is -2.64. The molecule has 0 saturated heterocycles. The van der Waals surface area contributed by atoms with Crippen LogP contribution in [0, 0.1) is 13.8 Å². The van der Waals surface area contributed by atoms with Gasteiger partial charge in [-0.2, -0.15) is 18.3 Å². The second-order valence-electron chi connectivity index (χ2n) is 7.54. The Bertz CT molecular complexity index is 1130. The van der Waals surface area contributed by atoms with Crippen LogP contribution < -0.4 is 10.6 Å². The lowest BCUT2D eigenvalue weighted by atomic mass is 10.2. The summed E-state index contributed by atoms with van der Waals surface area (Å²) in [5.41, 5.74) is 0.250. The van der Waals surface area contributed by atoms with Gasteiger partial charge in [0.15, 0.2) is 0 Å². The minimum absolute atomic E-state index is 0.0622. The van der Waals surface area contributed by atoms with Crippen molar-refractivity contribution in [3.8, 4) is 10.6 Å². The van der Waals surface area contributed by atoms with Gasteiger partial charge in [0.05, 0.1) is 28.5 Å². The number of nitrogens with zero attached hydrogens (tertiary/aromatic N) is 5. The number of alkyl halides is 3. The van der Waals surface area contributed by atoms with Crippen LogP contribution in [0.1, 0.15) is 16.1 Å². The number of carbonyl (C=O) groups is 1. The van der Waals surface area contributed by atoms with Gasteiger partial charge in [-0.25, -0.2) is 9.97 Å². The topological polar surface area (TPSA) is 88.0 Å². The molecule has 3 aromatic rings. The van der Waals surface area contributed by atoms with Gasteiger partial charge in [0.25, 0.3) is 0 Å². The molecule has 0 aliphatic carbocycles. The highest BCUT2D eigenvalue weighted by molar-refractivity contribution is 7.99. The minimum Gasteiger partial charge on any atom is -0.347 e. The molecule has 184 valence electrons. The molecule has 0 atom stereocenters. The van der Waals surface area contributed by atoms with Gasteiger partial charge in [0, 0.05) is 48.1 Å². The maximum atomic E-state index is 13.8.